The summed E-state index contributed by atoms with van der Waals surface area (Å²) >= 11 is 0. The van der Waals surface area contributed by atoms with Crippen LogP contribution in [0.25, 0.3) is 0 Å². The summed E-state index contributed by atoms with van der Waals surface area (Å²) in [6, 6.07) is -0.378. The molecule has 0 saturated heterocycles. The third-order valence-corrected chi connectivity index (χ3v) is 3.20. The van der Waals surface area contributed by atoms with Crippen LogP contribution in [0.3, 0.4) is 0 Å². The van der Waals surface area contributed by atoms with E-state index in [-0.39, 0.29) is 12.0 Å². The lowest BCUT2D eigenvalue weighted by atomic mass is 10.1. The number of carbonyl (C=O) groups is 1. The molecule has 1 aromatic heterocycles. The average Bonchev–Trinajstić information content (AvgIpc) is 2.68. The van der Waals surface area contributed by atoms with Crippen molar-refractivity contribution in [1.82, 2.24) is 15.1 Å². The second kappa shape index (κ2) is 6.56. The van der Waals surface area contributed by atoms with Crippen LogP contribution in [0.15, 0.2) is 0 Å². The number of hydrogen-bond donors (Lipinski definition) is 1. The smallest absolute Gasteiger partial charge is 0.327 e. The molecule has 0 aliphatic carbocycles. The van der Waals surface area contributed by atoms with Crippen LogP contribution in [0.1, 0.15) is 37.6 Å². The van der Waals surface area contributed by atoms with Gasteiger partial charge in [0.05, 0.1) is 25.5 Å². The Bertz CT molecular complexity index is 443. The van der Waals surface area contributed by atoms with Crippen LogP contribution >= 0.6 is 0 Å². The van der Waals surface area contributed by atoms with Gasteiger partial charge in [-0.15, -0.1) is 0 Å². The molecule has 0 aliphatic rings. The van der Waals surface area contributed by atoms with Gasteiger partial charge < -0.3 is 9.47 Å². The van der Waals surface area contributed by atoms with Gasteiger partial charge >= 0.3 is 5.97 Å². The third-order valence-electron chi connectivity index (χ3n) is 3.20. The van der Waals surface area contributed by atoms with E-state index in [1.165, 1.54) is 7.11 Å². The van der Waals surface area contributed by atoms with Crippen LogP contribution in [0, 0.1) is 6.92 Å². The van der Waals surface area contributed by atoms with E-state index < -0.39 is 6.04 Å². The summed E-state index contributed by atoms with van der Waals surface area (Å²) in [6.45, 7) is 5.93. The maximum Gasteiger partial charge on any atom is 0.327 e. The zero-order valence-electron chi connectivity index (χ0n) is 12.5. The summed E-state index contributed by atoms with van der Waals surface area (Å²) in [5, 5.41) is 7.55. The van der Waals surface area contributed by atoms with E-state index in [1.54, 1.807) is 18.8 Å². The highest BCUT2D eigenvalue weighted by Crippen LogP contribution is 2.29. The molecular weight excluding hydrogens is 246 g/mol. The second-order valence-corrected chi connectivity index (χ2v) is 4.56. The monoisotopic (exact) mass is 269 g/mol. The molecule has 0 saturated carbocycles. The van der Waals surface area contributed by atoms with Gasteiger partial charge in [0.15, 0.2) is 0 Å². The zero-order chi connectivity index (χ0) is 14.6. The maximum atomic E-state index is 12.0. The average molecular weight is 269 g/mol. The van der Waals surface area contributed by atoms with Crippen molar-refractivity contribution in [3.63, 3.8) is 0 Å². The number of aryl methyl sites for hydroxylation is 2. The minimum Gasteiger partial charge on any atom is -0.481 e. The van der Waals surface area contributed by atoms with Gasteiger partial charge in [-0.05, 0) is 20.3 Å². The Morgan fingerprint density at radius 2 is 2.11 bits per heavy atom. The van der Waals surface area contributed by atoms with Crippen molar-refractivity contribution in [1.29, 1.82) is 0 Å². The van der Waals surface area contributed by atoms with Crippen LogP contribution in [-0.4, -0.2) is 36.0 Å². The summed E-state index contributed by atoms with van der Waals surface area (Å²) in [5.74, 6) is 0.235. The van der Waals surface area contributed by atoms with E-state index in [1.807, 2.05) is 13.8 Å². The fraction of sp³-hybridized carbons (Fsp3) is 0.692. The molecule has 0 aromatic carbocycles. The highest BCUT2D eigenvalue weighted by Gasteiger charge is 2.30. The van der Waals surface area contributed by atoms with E-state index in [2.05, 4.69) is 17.3 Å². The summed E-state index contributed by atoms with van der Waals surface area (Å²) in [6.07, 6.45) is 0.912. The highest BCUT2D eigenvalue weighted by molar-refractivity contribution is 5.78. The number of carbonyl (C=O) groups excluding carboxylic acids is 1. The van der Waals surface area contributed by atoms with E-state index in [0.29, 0.717) is 5.88 Å². The SMILES string of the molecule is CCC(C)NC(C(=O)OC)c1c(C)nn(C)c1OC. The number of esters is 1. The summed E-state index contributed by atoms with van der Waals surface area (Å²) < 4.78 is 11.8. The van der Waals surface area contributed by atoms with Crippen molar-refractivity contribution in [2.75, 3.05) is 14.2 Å². The van der Waals surface area contributed by atoms with Crippen molar-refractivity contribution in [3.05, 3.63) is 11.3 Å². The molecule has 2 atom stereocenters. The van der Waals surface area contributed by atoms with Crippen LogP contribution < -0.4 is 10.1 Å². The van der Waals surface area contributed by atoms with E-state index in [4.69, 9.17) is 9.47 Å². The molecule has 108 valence electrons. The van der Waals surface area contributed by atoms with Crippen molar-refractivity contribution < 1.29 is 14.3 Å². The fourth-order valence-electron chi connectivity index (χ4n) is 2.02. The molecule has 1 aromatic rings. The summed E-state index contributed by atoms with van der Waals surface area (Å²) in [7, 11) is 4.73. The first-order valence-corrected chi connectivity index (χ1v) is 6.37. The first kappa shape index (κ1) is 15.5. The van der Waals surface area contributed by atoms with Gasteiger partial charge in [-0.1, -0.05) is 6.92 Å². The Morgan fingerprint density at radius 1 is 1.47 bits per heavy atom. The van der Waals surface area contributed by atoms with Gasteiger partial charge in [0.2, 0.25) is 5.88 Å². The predicted molar refractivity (Wildman–Crippen MR) is 72.1 cm³/mol. The standard InChI is InChI=1S/C13H23N3O3/c1-7-8(2)14-11(13(17)19-6)10-9(3)15-16(4)12(10)18-5/h8,11,14H,7H2,1-6H3. The lowest BCUT2D eigenvalue weighted by Crippen LogP contribution is -2.36. The fourth-order valence-corrected chi connectivity index (χ4v) is 2.02. The molecule has 6 nitrogen and oxygen atoms in total. The van der Waals surface area contributed by atoms with Crippen LogP contribution in [-0.2, 0) is 16.6 Å². The van der Waals surface area contributed by atoms with E-state index >= 15 is 0 Å². The number of ether oxygens (including phenoxy) is 2. The molecule has 2 unspecified atom stereocenters. The minimum absolute atomic E-state index is 0.188. The molecule has 1 N–H and O–H groups in total. The Hall–Kier alpha value is -1.56. The van der Waals surface area contributed by atoms with Gasteiger partial charge in [-0.2, -0.15) is 5.10 Å². The molecule has 6 heteroatoms. The zero-order valence-corrected chi connectivity index (χ0v) is 12.5. The number of rotatable bonds is 6. The van der Waals surface area contributed by atoms with E-state index in [0.717, 1.165) is 17.7 Å². The van der Waals surface area contributed by atoms with Gasteiger partial charge in [0.25, 0.3) is 0 Å². The Labute approximate surface area is 114 Å². The highest BCUT2D eigenvalue weighted by atomic mass is 16.5. The topological polar surface area (TPSA) is 65.4 Å². The molecule has 0 bridgehead atoms. The van der Waals surface area contributed by atoms with Crippen molar-refractivity contribution in [2.24, 2.45) is 7.05 Å². The normalized spacial score (nSPS) is 14.0. The summed E-state index contributed by atoms with van der Waals surface area (Å²) in [5.41, 5.74) is 1.49. The lowest BCUT2D eigenvalue weighted by Gasteiger charge is -2.21. The molecular formula is C13H23N3O3. The van der Waals surface area contributed by atoms with Gasteiger partial charge in [0.1, 0.15) is 6.04 Å². The molecule has 0 amide bonds. The van der Waals surface area contributed by atoms with Crippen LogP contribution in [0.5, 0.6) is 5.88 Å². The van der Waals surface area contributed by atoms with Crippen LogP contribution in [0.4, 0.5) is 0 Å². The molecule has 0 fully saturated rings. The number of nitrogens with one attached hydrogen (secondary N) is 1. The van der Waals surface area contributed by atoms with Gasteiger partial charge in [0, 0.05) is 13.1 Å². The molecule has 0 aliphatic heterocycles. The molecule has 1 heterocycles. The Kier molecular flexibility index (Phi) is 5.35. The molecule has 0 radical (unpaired) electrons. The quantitative estimate of drug-likeness (QED) is 0.789. The van der Waals surface area contributed by atoms with Crippen molar-refractivity contribution >= 4 is 5.97 Å². The predicted octanol–water partition coefficient (Wildman–Crippen LogP) is 1.34. The first-order valence-electron chi connectivity index (χ1n) is 6.37. The number of hydrogen-bond acceptors (Lipinski definition) is 5. The van der Waals surface area contributed by atoms with Crippen LogP contribution in [0.2, 0.25) is 0 Å². The summed E-state index contributed by atoms with van der Waals surface area (Å²) in [4.78, 5) is 12.0. The third kappa shape index (κ3) is 3.26. The van der Waals surface area contributed by atoms with E-state index in [9.17, 15) is 4.79 Å². The minimum atomic E-state index is -0.566. The van der Waals surface area contributed by atoms with Crippen molar-refractivity contribution in [3.8, 4) is 5.88 Å². The Morgan fingerprint density at radius 3 is 2.58 bits per heavy atom. The second-order valence-electron chi connectivity index (χ2n) is 4.56. The number of methoxy groups -OCH3 is 2. The van der Waals surface area contributed by atoms with Crippen molar-refractivity contribution in [2.45, 2.75) is 39.3 Å². The largest absolute Gasteiger partial charge is 0.481 e. The first-order chi connectivity index (χ1) is 8.96. The van der Waals surface area contributed by atoms with Gasteiger partial charge in [-0.25, -0.2) is 9.48 Å². The molecule has 19 heavy (non-hydrogen) atoms. The lowest BCUT2D eigenvalue weighted by molar-refractivity contribution is -0.143. The molecule has 0 spiro atoms. The number of aromatic nitrogens is 2. The van der Waals surface area contributed by atoms with Gasteiger partial charge in [-0.3, -0.25) is 5.32 Å². The number of nitrogens with zero attached hydrogens (tertiary/aromatic N) is 2. The maximum absolute atomic E-state index is 12.0. The Balaban J connectivity index is 3.20. The molecule has 1 rings (SSSR count).